The first-order chi connectivity index (χ1) is 10.1. The van der Waals surface area contributed by atoms with Gasteiger partial charge in [-0.25, -0.2) is 0 Å². The highest BCUT2D eigenvalue weighted by molar-refractivity contribution is 6.30. The molecular formula is C18H26ClNO. The Bertz CT molecular complexity index is 455. The van der Waals surface area contributed by atoms with Crippen molar-refractivity contribution in [1.29, 1.82) is 0 Å². The molecule has 0 bridgehead atoms. The van der Waals surface area contributed by atoms with E-state index < -0.39 is 0 Å². The van der Waals surface area contributed by atoms with Crippen LogP contribution < -0.4 is 5.32 Å². The van der Waals surface area contributed by atoms with Crippen molar-refractivity contribution in [2.24, 2.45) is 5.92 Å². The van der Waals surface area contributed by atoms with Crippen LogP contribution >= 0.6 is 11.6 Å². The fourth-order valence-electron chi connectivity index (χ4n) is 3.87. The number of morpholine rings is 1. The summed E-state index contributed by atoms with van der Waals surface area (Å²) in [5, 5.41) is 4.38. The van der Waals surface area contributed by atoms with Crippen LogP contribution in [0, 0.1) is 5.92 Å². The van der Waals surface area contributed by atoms with Gasteiger partial charge in [0.05, 0.1) is 11.7 Å². The molecule has 1 N–H and O–H groups in total. The van der Waals surface area contributed by atoms with Gasteiger partial charge in [-0.3, -0.25) is 0 Å². The van der Waals surface area contributed by atoms with E-state index in [1.165, 1.54) is 37.7 Å². The molecule has 2 atom stereocenters. The molecule has 1 aromatic rings. The van der Waals surface area contributed by atoms with E-state index >= 15 is 0 Å². The Morgan fingerprint density at radius 2 is 1.95 bits per heavy atom. The molecule has 0 aromatic heterocycles. The summed E-state index contributed by atoms with van der Waals surface area (Å²) in [6.07, 6.45) is 8.15. The van der Waals surface area contributed by atoms with Crippen LogP contribution in [0.25, 0.3) is 0 Å². The lowest BCUT2D eigenvalue weighted by molar-refractivity contribution is -0.111. The molecular weight excluding hydrogens is 282 g/mol. The van der Waals surface area contributed by atoms with Gasteiger partial charge in [-0.15, -0.1) is 0 Å². The minimum absolute atomic E-state index is 0.102. The zero-order valence-electron chi connectivity index (χ0n) is 12.9. The van der Waals surface area contributed by atoms with E-state index in [2.05, 4.69) is 24.4 Å². The number of hydrogen-bond acceptors (Lipinski definition) is 2. The Balaban J connectivity index is 1.59. The summed E-state index contributed by atoms with van der Waals surface area (Å²) in [6, 6.07) is 8.15. The van der Waals surface area contributed by atoms with Crippen molar-refractivity contribution in [3.8, 4) is 0 Å². The predicted octanol–water partition coefficient (Wildman–Crippen LogP) is 4.21. The van der Waals surface area contributed by atoms with E-state index in [4.69, 9.17) is 16.3 Å². The second kappa shape index (κ2) is 6.68. The molecule has 1 saturated heterocycles. The molecule has 1 aliphatic heterocycles. The molecule has 1 heterocycles. The molecule has 2 nitrogen and oxygen atoms in total. The van der Waals surface area contributed by atoms with E-state index in [1.807, 2.05) is 12.1 Å². The van der Waals surface area contributed by atoms with Crippen LogP contribution in [0.4, 0.5) is 0 Å². The van der Waals surface area contributed by atoms with Gasteiger partial charge in [-0.1, -0.05) is 49.4 Å². The second-order valence-corrected chi connectivity index (χ2v) is 7.45. The molecule has 1 saturated carbocycles. The first-order valence-corrected chi connectivity index (χ1v) is 8.64. The number of nitrogens with one attached hydrogen (secondary N) is 1. The molecule has 2 unspecified atom stereocenters. The lowest BCUT2D eigenvalue weighted by Gasteiger charge is -2.40. The van der Waals surface area contributed by atoms with Crippen LogP contribution in [0.5, 0.6) is 0 Å². The van der Waals surface area contributed by atoms with Crippen LogP contribution in [0.1, 0.15) is 44.6 Å². The van der Waals surface area contributed by atoms with Crippen molar-refractivity contribution >= 4 is 11.6 Å². The molecule has 0 radical (unpaired) electrons. The van der Waals surface area contributed by atoms with Crippen LogP contribution in [-0.2, 0) is 11.2 Å². The highest BCUT2D eigenvalue weighted by Gasteiger charge is 2.34. The Kier molecular flexibility index (Phi) is 4.88. The zero-order chi connectivity index (χ0) is 14.7. The molecule has 1 aromatic carbocycles. The largest absolute Gasteiger partial charge is 0.369 e. The SMILES string of the molecule is CC1(Cc2ccc(Cl)cc2)CNCC(CC2CCCC2)O1. The summed E-state index contributed by atoms with van der Waals surface area (Å²) in [7, 11) is 0. The van der Waals surface area contributed by atoms with Gasteiger partial charge in [0.1, 0.15) is 0 Å². The van der Waals surface area contributed by atoms with Gasteiger partial charge in [-0.2, -0.15) is 0 Å². The minimum atomic E-state index is -0.102. The van der Waals surface area contributed by atoms with E-state index in [0.717, 1.165) is 30.5 Å². The third-order valence-electron chi connectivity index (χ3n) is 4.88. The summed E-state index contributed by atoms with van der Waals surface area (Å²) < 4.78 is 6.47. The van der Waals surface area contributed by atoms with Gasteiger partial charge in [0.2, 0.25) is 0 Å². The van der Waals surface area contributed by atoms with E-state index in [1.54, 1.807) is 0 Å². The fourth-order valence-corrected chi connectivity index (χ4v) is 4.00. The summed E-state index contributed by atoms with van der Waals surface area (Å²) >= 11 is 5.96. The predicted molar refractivity (Wildman–Crippen MR) is 87.9 cm³/mol. The fraction of sp³-hybridized carbons (Fsp3) is 0.667. The maximum atomic E-state index is 6.47. The molecule has 21 heavy (non-hydrogen) atoms. The van der Waals surface area contributed by atoms with Gasteiger partial charge < -0.3 is 10.1 Å². The third-order valence-corrected chi connectivity index (χ3v) is 5.14. The van der Waals surface area contributed by atoms with E-state index in [0.29, 0.717) is 6.10 Å². The van der Waals surface area contributed by atoms with E-state index in [9.17, 15) is 0 Å². The number of ether oxygens (including phenoxy) is 1. The second-order valence-electron chi connectivity index (χ2n) is 7.01. The summed E-state index contributed by atoms with van der Waals surface area (Å²) in [6.45, 7) is 4.17. The van der Waals surface area contributed by atoms with Gasteiger partial charge in [0.25, 0.3) is 0 Å². The molecule has 0 amide bonds. The first kappa shape index (κ1) is 15.3. The van der Waals surface area contributed by atoms with Gasteiger partial charge >= 0.3 is 0 Å². The maximum absolute atomic E-state index is 6.47. The Morgan fingerprint density at radius 3 is 2.67 bits per heavy atom. The van der Waals surface area contributed by atoms with Crippen molar-refractivity contribution < 1.29 is 4.74 Å². The smallest absolute Gasteiger partial charge is 0.0822 e. The van der Waals surface area contributed by atoms with Crippen molar-refractivity contribution in [2.45, 2.75) is 57.2 Å². The molecule has 2 fully saturated rings. The van der Waals surface area contributed by atoms with Crippen LogP contribution in [0.3, 0.4) is 0 Å². The Morgan fingerprint density at radius 1 is 1.24 bits per heavy atom. The quantitative estimate of drug-likeness (QED) is 0.899. The monoisotopic (exact) mass is 307 g/mol. The normalized spacial score (nSPS) is 30.7. The highest BCUT2D eigenvalue weighted by Crippen LogP contribution is 2.32. The van der Waals surface area contributed by atoms with Gasteiger partial charge in [0, 0.05) is 24.5 Å². The Labute approximate surface area is 133 Å². The van der Waals surface area contributed by atoms with Gasteiger partial charge in [-0.05, 0) is 37.0 Å². The van der Waals surface area contributed by atoms with Crippen molar-refractivity contribution in [2.75, 3.05) is 13.1 Å². The molecule has 3 rings (SSSR count). The lowest BCUT2D eigenvalue weighted by atomic mass is 9.92. The standard InChI is InChI=1S/C18H26ClNO/c1-18(11-15-6-8-16(19)9-7-15)13-20-12-17(21-18)10-14-4-2-3-5-14/h6-9,14,17,20H,2-5,10-13H2,1H3. The third kappa shape index (κ3) is 4.21. The van der Waals surface area contributed by atoms with Crippen LogP contribution in [-0.4, -0.2) is 24.8 Å². The lowest BCUT2D eigenvalue weighted by Crippen LogP contribution is -2.53. The van der Waals surface area contributed by atoms with Crippen LogP contribution in [0.2, 0.25) is 5.02 Å². The maximum Gasteiger partial charge on any atom is 0.0822 e. The molecule has 116 valence electrons. The van der Waals surface area contributed by atoms with Crippen molar-refractivity contribution in [3.05, 3.63) is 34.9 Å². The topological polar surface area (TPSA) is 21.3 Å². The number of benzene rings is 1. The average molecular weight is 308 g/mol. The van der Waals surface area contributed by atoms with Crippen molar-refractivity contribution in [1.82, 2.24) is 5.32 Å². The summed E-state index contributed by atoms with van der Waals surface area (Å²) in [5.41, 5.74) is 1.19. The molecule has 0 spiro atoms. The number of rotatable bonds is 4. The number of halogens is 1. The summed E-state index contributed by atoms with van der Waals surface area (Å²) in [5.74, 6) is 0.884. The molecule has 3 heteroatoms. The molecule has 2 aliphatic rings. The van der Waals surface area contributed by atoms with Crippen LogP contribution in [0.15, 0.2) is 24.3 Å². The highest BCUT2D eigenvalue weighted by atomic mass is 35.5. The molecule has 1 aliphatic carbocycles. The number of hydrogen-bond donors (Lipinski definition) is 1. The van der Waals surface area contributed by atoms with Crippen molar-refractivity contribution in [3.63, 3.8) is 0 Å². The first-order valence-electron chi connectivity index (χ1n) is 8.26. The van der Waals surface area contributed by atoms with E-state index in [-0.39, 0.29) is 5.60 Å². The Hall–Kier alpha value is -0.570. The zero-order valence-corrected chi connectivity index (χ0v) is 13.7. The summed E-state index contributed by atoms with van der Waals surface area (Å²) in [4.78, 5) is 0. The minimum Gasteiger partial charge on any atom is -0.369 e. The van der Waals surface area contributed by atoms with Gasteiger partial charge in [0.15, 0.2) is 0 Å². The average Bonchev–Trinajstić information content (AvgIpc) is 2.94.